The Morgan fingerprint density at radius 3 is 2.64 bits per heavy atom. The van der Waals surface area contributed by atoms with Gasteiger partial charge in [-0.2, -0.15) is 5.10 Å². The molecule has 0 aliphatic carbocycles. The molecule has 0 aliphatic heterocycles. The molecule has 3 aromatic rings. The van der Waals surface area contributed by atoms with Crippen LogP contribution < -0.4 is 5.32 Å². The molecule has 1 amide bonds. The maximum absolute atomic E-state index is 12.5. The highest BCUT2D eigenvalue weighted by Crippen LogP contribution is 2.21. The quantitative estimate of drug-likeness (QED) is 0.776. The Hall–Kier alpha value is -2.95. The largest absolute Gasteiger partial charge is 0.344 e. The van der Waals surface area contributed by atoms with Gasteiger partial charge in [-0.15, -0.1) is 0 Å². The van der Waals surface area contributed by atoms with Crippen molar-refractivity contribution in [2.75, 3.05) is 0 Å². The average molecular weight is 292 g/mol. The molecule has 2 heterocycles. The minimum Gasteiger partial charge on any atom is -0.344 e. The van der Waals surface area contributed by atoms with Crippen LogP contribution in [0, 0.1) is 0 Å². The summed E-state index contributed by atoms with van der Waals surface area (Å²) < 4.78 is 0. The molecule has 1 aromatic carbocycles. The standard InChI is InChI=1S/C17H16N4O/c1-12(15-9-5-6-10-18-15)20-17(22)14-11-19-21-16(14)13-7-3-2-4-8-13/h2-12H,1H3,(H,19,21)(H,20,22). The summed E-state index contributed by atoms with van der Waals surface area (Å²) in [5.41, 5.74) is 2.98. The SMILES string of the molecule is CC(NC(=O)c1cn[nH]c1-c1ccccc1)c1ccccn1. The van der Waals surface area contributed by atoms with Crippen LogP contribution in [0.1, 0.15) is 29.0 Å². The van der Waals surface area contributed by atoms with Gasteiger partial charge in [0.2, 0.25) is 0 Å². The smallest absolute Gasteiger partial charge is 0.255 e. The van der Waals surface area contributed by atoms with Gasteiger partial charge in [0.25, 0.3) is 5.91 Å². The van der Waals surface area contributed by atoms with E-state index in [0.29, 0.717) is 11.3 Å². The summed E-state index contributed by atoms with van der Waals surface area (Å²) in [5, 5.41) is 9.83. The van der Waals surface area contributed by atoms with Gasteiger partial charge in [-0.3, -0.25) is 14.9 Å². The second kappa shape index (κ2) is 6.22. The molecule has 3 rings (SSSR count). The number of benzene rings is 1. The first-order valence-corrected chi connectivity index (χ1v) is 7.06. The average Bonchev–Trinajstić information content (AvgIpc) is 3.06. The molecule has 0 spiro atoms. The fourth-order valence-electron chi connectivity index (χ4n) is 2.26. The molecule has 1 unspecified atom stereocenters. The lowest BCUT2D eigenvalue weighted by Gasteiger charge is -2.13. The van der Waals surface area contributed by atoms with Crippen molar-refractivity contribution in [1.29, 1.82) is 0 Å². The van der Waals surface area contributed by atoms with Crippen LogP contribution in [0.15, 0.2) is 60.9 Å². The molecule has 0 bridgehead atoms. The van der Waals surface area contributed by atoms with Crippen LogP contribution in [0.4, 0.5) is 0 Å². The highest BCUT2D eigenvalue weighted by molar-refractivity contribution is 5.99. The first-order valence-electron chi connectivity index (χ1n) is 7.06. The van der Waals surface area contributed by atoms with Gasteiger partial charge in [-0.25, -0.2) is 0 Å². The first-order chi connectivity index (χ1) is 10.8. The molecule has 5 heteroatoms. The summed E-state index contributed by atoms with van der Waals surface area (Å²) in [6.07, 6.45) is 3.26. The number of hydrogen-bond acceptors (Lipinski definition) is 3. The van der Waals surface area contributed by atoms with Gasteiger partial charge in [0.15, 0.2) is 0 Å². The van der Waals surface area contributed by atoms with Crippen molar-refractivity contribution < 1.29 is 4.79 Å². The third-order valence-corrected chi connectivity index (χ3v) is 3.43. The van der Waals surface area contributed by atoms with E-state index < -0.39 is 0 Å². The van der Waals surface area contributed by atoms with Crippen molar-refractivity contribution in [1.82, 2.24) is 20.5 Å². The number of carbonyl (C=O) groups excluding carboxylic acids is 1. The predicted octanol–water partition coefficient (Wildman–Crippen LogP) is 2.96. The number of carbonyl (C=O) groups is 1. The number of aromatic nitrogens is 3. The second-order valence-electron chi connectivity index (χ2n) is 4.97. The molecule has 0 aliphatic rings. The van der Waals surface area contributed by atoms with Crippen molar-refractivity contribution in [3.8, 4) is 11.3 Å². The Bertz CT molecular complexity index is 753. The van der Waals surface area contributed by atoms with E-state index >= 15 is 0 Å². The van der Waals surface area contributed by atoms with Gasteiger partial charge >= 0.3 is 0 Å². The summed E-state index contributed by atoms with van der Waals surface area (Å²) in [6.45, 7) is 1.91. The van der Waals surface area contributed by atoms with Crippen LogP contribution in [0.5, 0.6) is 0 Å². The number of hydrogen-bond donors (Lipinski definition) is 2. The van der Waals surface area contributed by atoms with E-state index in [-0.39, 0.29) is 11.9 Å². The zero-order valence-electron chi connectivity index (χ0n) is 12.2. The number of H-pyrrole nitrogens is 1. The molecule has 2 N–H and O–H groups in total. The number of aromatic amines is 1. The van der Waals surface area contributed by atoms with E-state index in [2.05, 4.69) is 20.5 Å². The minimum absolute atomic E-state index is 0.174. The molecule has 5 nitrogen and oxygen atoms in total. The molecule has 2 aromatic heterocycles. The fourth-order valence-corrected chi connectivity index (χ4v) is 2.26. The minimum atomic E-state index is -0.175. The maximum atomic E-state index is 12.5. The fraction of sp³-hybridized carbons (Fsp3) is 0.118. The van der Waals surface area contributed by atoms with Crippen LogP contribution in [0.25, 0.3) is 11.3 Å². The van der Waals surface area contributed by atoms with Crippen molar-refractivity contribution in [2.24, 2.45) is 0 Å². The number of nitrogens with one attached hydrogen (secondary N) is 2. The molecule has 110 valence electrons. The molecule has 0 saturated heterocycles. The molecule has 0 saturated carbocycles. The Morgan fingerprint density at radius 1 is 1.14 bits per heavy atom. The summed E-state index contributed by atoms with van der Waals surface area (Å²) in [4.78, 5) is 16.7. The van der Waals surface area contributed by atoms with Crippen LogP contribution in [-0.4, -0.2) is 21.1 Å². The summed E-state index contributed by atoms with van der Waals surface area (Å²) in [6, 6.07) is 15.1. The van der Waals surface area contributed by atoms with E-state index in [4.69, 9.17) is 0 Å². The number of pyridine rings is 1. The van der Waals surface area contributed by atoms with Gasteiger partial charge in [0.1, 0.15) is 0 Å². The van der Waals surface area contributed by atoms with Crippen molar-refractivity contribution in [2.45, 2.75) is 13.0 Å². The van der Waals surface area contributed by atoms with Crippen molar-refractivity contribution >= 4 is 5.91 Å². The van der Waals surface area contributed by atoms with Crippen LogP contribution >= 0.6 is 0 Å². The third-order valence-electron chi connectivity index (χ3n) is 3.43. The monoisotopic (exact) mass is 292 g/mol. The highest BCUT2D eigenvalue weighted by atomic mass is 16.1. The van der Waals surface area contributed by atoms with Crippen molar-refractivity contribution in [3.05, 3.63) is 72.2 Å². The third kappa shape index (κ3) is 2.88. The Kier molecular flexibility index (Phi) is 3.96. The zero-order chi connectivity index (χ0) is 15.4. The Morgan fingerprint density at radius 2 is 1.91 bits per heavy atom. The number of amides is 1. The second-order valence-corrected chi connectivity index (χ2v) is 4.97. The van der Waals surface area contributed by atoms with Crippen LogP contribution in [0.3, 0.4) is 0 Å². The number of rotatable bonds is 4. The molecular weight excluding hydrogens is 276 g/mol. The lowest BCUT2D eigenvalue weighted by Crippen LogP contribution is -2.27. The highest BCUT2D eigenvalue weighted by Gasteiger charge is 2.17. The number of nitrogens with zero attached hydrogens (tertiary/aromatic N) is 2. The van der Waals surface area contributed by atoms with E-state index in [1.54, 1.807) is 12.4 Å². The van der Waals surface area contributed by atoms with E-state index in [9.17, 15) is 4.79 Å². The van der Waals surface area contributed by atoms with Gasteiger partial charge in [0, 0.05) is 11.8 Å². The summed E-state index contributed by atoms with van der Waals surface area (Å²) in [5.74, 6) is -0.175. The van der Waals surface area contributed by atoms with Crippen molar-refractivity contribution in [3.63, 3.8) is 0 Å². The maximum Gasteiger partial charge on any atom is 0.255 e. The lowest BCUT2D eigenvalue weighted by atomic mass is 10.1. The predicted molar refractivity (Wildman–Crippen MR) is 84.1 cm³/mol. The molecule has 0 radical (unpaired) electrons. The van der Waals surface area contributed by atoms with Gasteiger partial charge < -0.3 is 5.32 Å². The molecule has 22 heavy (non-hydrogen) atoms. The first kappa shape index (κ1) is 14.0. The summed E-state index contributed by atoms with van der Waals surface area (Å²) >= 11 is 0. The lowest BCUT2D eigenvalue weighted by molar-refractivity contribution is 0.0940. The van der Waals surface area contributed by atoms with E-state index in [0.717, 1.165) is 11.3 Å². The summed E-state index contributed by atoms with van der Waals surface area (Å²) in [7, 11) is 0. The van der Waals surface area contributed by atoms with Gasteiger partial charge in [-0.1, -0.05) is 36.4 Å². The van der Waals surface area contributed by atoms with E-state index in [1.165, 1.54) is 0 Å². The molecule has 0 fully saturated rings. The van der Waals surface area contributed by atoms with Gasteiger partial charge in [0.05, 0.1) is 29.2 Å². The van der Waals surface area contributed by atoms with E-state index in [1.807, 2.05) is 55.5 Å². The Balaban J connectivity index is 1.81. The van der Waals surface area contributed by atoms with Gasteiger partial charge in [-0.05, 0) is 19.1 Å². The molecule has 1 atom stereocenters. The topological polar surface area (TPSA) is 70.7 Å². The van der Waals surface area contributed by atoms with Crippen LogP contribution in [-0.2, 0) is 0 Å². The van der Waals surface area contributed by atoms with Crippen LogP contribution in [0.2, 0.25) is 0 Å². The molecular formula is C17H16N4O. The zero-order valence-corrected chi connectivity index (χ0v) is 12.2. The normalized spacial score (nSPS) is 11.9. The Labute approximate surface area is 128 Å².